The molecule has 104 valence electrons. The highest BCUT2D eigenvalue weighted by molar-refractivity contribution is 5.63. The summed E-state index contributed by atoms with van der Waals surface area (Å²) in [6.07, 6.45) is 1.90. The lowest BCUT2D eigenvalue weighted by atomic mass is 10.0. The molecule has 0 spiro atoms. The fourth-order valence-electron chi connectivity index (χ4n) is 2.87. The van der Waals surface area contributed by atoms with Gasteiger partial charge in [0.1, 0.15) is 0 Å². The van der Waals surface area contributed by atoms with Crippen LogP contribution in [0.15, 0.2) is 54.6 Å². The van der Waals surface area contributed by atoms with E-state index in [1.54, 1.807) is 0 Å². The summed E-state index contributed by atoms with van der Waals surface area (Å²) in [7, 11) is 0. The van der Waals surface area contributed by atoms with Crippen LogP contribution >= 0.6 is 0 Å². The lowest BCUT2D eigenvalue weighted by Gasteiger charge is -2.29. The van der Waals surface area contributed by atoms with Gasteiger partial charge in [0.25, 0.3) is 0 Å². The summed E-state index contributed by atoms with van der Waals surface area (Å²) >= 11 is 0. The number of rotatable bonds is 3. The van der Waals surface area contributed by atoms with Crippen LogP contribution in [0.2, 0.25) is 0 Å². The molecule has 1 aliphatic rings. The molecule has 0 bridgehead atoms. The van der Waals surface area contributed by atoms with Crippen LogP contribution in [0.5, 0.6) is 0 Å². The molecule has 2 aromatic carbocycles. The summed E-state index contributed by atoms with van der Waals surface area (Å²) < 4.78 is 0. The predicted octanol–water partition coefficient (Wildman–Crippen LogP) is 3.31. The molecule has 1 N–H and O–H groups in total. The maximum absolute atomic E-state index is 9.71. The number of nitrogens with zero attached hydrogens (tertiary/aromatic N) is 1. The number of likely N-dealkylation sites (tertiary alicyclic amines) is 1. The van der Waals surface area contributed by atoms with Gasteiger partial charge < -0.3 is 5.11 Å². The quantitative estimate of drug-likeness (QED) is 0.922. The van der Waals surface area contributed by atoms with Gasteiger partial charge in [0.2, 0.25) is 0 Å². The van der Waals surface area contributed by atoms with E-state index >= 15 is 0 Å². The van der Waals surface area contributed by atoms with Crippen LogP contribution in [0.25, 0.3) is 11.1 Å². The Bertz CT molecular complexity index is 535. The highest BCUT2D eigenvalue weighted by Crippen LogP contribution is 2.20. The molecule has 1 fully saturated rings. The molecule has 1 heterocycles. The van der Waals surface area contributed by atoms with Crippen LogP contribution in [-0.2, 0) is 6.54 Å². The summed E-state index contributed by atoms with van der Waals surface area (Å²) in [4.78, 5) is 2.34. The van der Waals surface area contributed by atoms with Gasteiger partial charge in [-0.15, -0.1) is 0 Å². The molecule has 20 heavy (non-hydrogen) atoms. The van der Waals surface area contributed by atoms with Gasteiger partial charge in [-0.25, -0.2) is 0 Å². The van der Waals surface area contributed by atoms with E-state index in [-0.39, 0.29) is 6.10 Å². The Morgan fingerprint density at radius 1 is 0.950 bits per heavy atom. The van der Waals surface area contributed by atoms with Crippen LogP contribution in [-0.4, -0.2) is 29.2 Å². The topological polar surface area (TPSA) is 23.5 Å². The number of piperidine rings is 1. The Hall–Kier alpha value is -1.64. The molecule has 0 aromatic heterocycles. The SMILES string of the molecule is O[C@@H]1CCCN(Cc2ccc(-c3ccccc3)cc2)C1. The maximum Gasteiger partial charge on any atom is 0.0667 e. The molecular formula is C18H21NO. The molecule has 1 atom stereocenters. The first-order chi connectivity index (χ1) is 9.81. The first kappa shape index (κ1) is 13.3. The second-order valence-corrected chi connectivity index (χ2v) is 5.59. The highest BCUT2D eigenvalue weighted by Gasteiger charge is 2.17. The Labute approximate surface area is 120 Å². The molecule has 2 heteroatoms. The number of hydrogen-bond donors (Lipinski definition) is 1. The zero-order chi connectivity index (χ0) is 13.8. The molecule has 1 aliphatic heterocycles. The van der Waals surface area contributed by atoms with Crippen molar-refractivity contribution in [3.05, 3.63) is 60.2 Å². The molecule has 2 aromatic rings. The van der Waals surface area contributed by atoms with Crippen molar-refractivity contribution in [2.24, 2.45) is 0 Å². The maximum atomic E-state index is 9.71. The number of aliphatic hydroxyl groups excluding tert-OH is 1. The third kappa shape index (κ3) is 3.27. The van der Waals surface area contributed by atoms with Crippen LogP contribution in [0.3, 0.4) is 0 Å². The zero-order valence-electron chi connectivity index (χ0n) is 11.7. The molecule has 0 amide bonds. The minimum atomic E-state index is -0.146. The van der Waals surface area contributed by atoms with Gasteiger partial charge in [-0.05, 0) is 36.1 Å². The molecule has 0 radical (unpaired) electrons. The number of aliphatic hydroxyl groups is 1. The van der Waals surface area contributed by atoms with Gasteiger partial charge in [-0.3, -0.25) is 4.90 Å². The van der Waals surface area contributed by atoms with Gasteiger partial charge >= 0.3 is 0 Å². The van der Waals surface area contributed by atoms with Crippen LogP contribution in [0.1, 0.15) is 18.4 Å². The van der Waals surface area contributed by atoms with E-state index in [9.17, 15) is 5.11 Å². The van der Waals surface area contributed by atoms with Crippen molar-refractivity contribution in [3.8, 4) is 11.1 Å². The van der Waals surface area contributed by atoms with Crippen molar-refractivity contribution in [1.29, 1.82) is 0 Å². The highest BCUT2D eigenvalue weighted by atomic mass is 16.3. The third-order valence-corrected chi connectivity index (χ3v) is 3.95. The van der Waals surface area contributed by atoms with Crippen LogP contribution < -0.4 is 0 Å². The summed E-state index contributed by atoms with van der Waals surface area (Å²) in [6.45, 7) is 2.84. The Morgan fingerprint density at radius 2 is 1.65 bits per heavy atom. The molecule has 0 aliphatic carbocycles. The average Bonchev–Trinajstić information content (AvgIpc) is 2.49. The summed E-state index contributed by atoms with van der Waals surface area (Å²) in [5, 5.41) is 9.71. The van der Waals surface area contributed by atoms with E-state index in [1.165, 1.54) is 16.7 Å². The number of hydrogen-bond acceptors (Lipinski definition) is 2. The fraction of sp³-hybridized carbons (Fsp3) is 0.333. The zero-order valence-corrected chi connectivity index (χ0v) is 11.7. The van der Waals surface area contributed by atoms with E-state index in [0.717, 1.165) is 32.5 Å². The smallest absolute Gasteiger partial charge is 0.0667 e. The predicted molar refractivity (Wildman–Crippen MR) is 82.4 cm³/mol. The van der Waals surface area contributed by atoms with Gasteiger partial charge in [-0.1, -0.05) is 54.6 Å². The van der Waals surface area contributed by atoms with Crippen molar-refractivity contribution >= 4 is 0 Å². The first-order valence-corrected chi connectivity index (χ1v) is 7.36. The molecule has 3 rings (SSSR count). The van der Waals surface area contributed by atoms with Gasteiger partial charge in [0.05, 0.1) is 6.10 Å². The van der Waals surface area contributed by atoms with Crippen molar-refractivity contribution < 1.29 is 5.11 Å². The standard InChI is InChI=1S/C18H21NO/c20-18-7-4-12-19(14-18)13-15-8-10-17(11-9-15)16-5-2-1-3-6-16/h1-3,5-6,8-11,18,20H,4,7,12-14H2/t18-/m1/s1. The summed E-state index contributed by atoms with van der Waals surface area (Å²) in [6, 6.07) is 19.2. The average molecular weight is 267 g/mol. The molecular weight excluding hydrogens is 246 g/mol. The van der Waals surface area contributed by atoms with E-state index < -0.39 is 0 Å². The second kappa shape index (κ2) is 6.21. The lowest BCUT2D eigenvalue weighted by molar-refractivity contribution is 0.0668. The Kier molecular flexibility index (Phi) is 4.14. The molecule has 0 unspecified atom stereocenters. The second-order valence-electron chi connectivity index (χ2n) is 5.59. The van der Waals surface area contributed by atoms with Crippen molar-refractivity contribution in [2.45, 2.75) is 25.5 Å². The van der Waals surface area contributed by atoms with E-state index in [1.807, 2.05) is 6.07 Å². The first-order valence-electron chi connectivity index (χ1n) is 7.36. The Morgan fingerprint density at radius 3 is 2.35 bits per heavy atom. The Balaban J connectivity index is 1.67. The normalized spacial score (nSPS) is 19.9. The molecule has 1 saturated heterocycles. The monoisotopic (exact) mass is 267 g/mol. The number of benzene rings is 2. The molecule has 0 saturated carbocycles. The minimum Gasteiger partial charge on any atom is -0.392 e. The van der Waals surface area contributed by atoms with Crippen LogP contribution in [0, 0.1) is 0 Å². The van der Waals surface area contributed by atoms with Crippen molar-refractivity contribution in [2.75, 3.05) is 13.1 Å². The number of β-amino-alcohol motifs (C(OH)–C–C–N with tert-alkyl or cyclic N) is 1. The van der Waals surface area contributed by atoms with Crippen LogP contribution in [0.4, 0.5) is 0 Å². The van der Waals surface area contributed by atoms with Gasteiger partial charge in [-0.2, -0.15) is 0 Å². The minimum absolute atomic E-state index is 0.146. The summed E-state index contributed by atoms with van der Waals surface area (Å²) in [5.41, 5.74) is 3.83. The molecule has 2 nitrogen and oxygen atoms in total. The largest absolute Gasteiger partial charge is 0.392 e. The summed E-state index contributed by atoms with van der Waals surface area (Å²) in [5.74, 6) is 0. The fourth-order valence-corrected chi connectivity index (χ4v) is 2.87. The lowest BCUT2D eigenvalue weighted by Crippen LogP contribution is -2.37. The van der Waals surface area contributed by atoms with Crippen molar-refractivity contribution in [3.63, 3.8) is 0 Å². The van der Waals surface area contributed by atoms with E-state index in [0.29, 0.717) is 0 Å². The van der Waals surface area contributed by atoms with Crippen molar-refractivity contribution in [1.82, 2.24) is 4.90 Å². The third-order valence-electron chi connectivity index (χ3n) is 3.95. The van der Waals surface area contributed by atoms with E-state index in [4.69, 9.17) is 0 Å². The van der Waals surface area contributed by atoms with Gasteiger partial charge in [0, 0.05) is 13.1 Å². The van der Waals surface area contributed by atoms with Gasteiger partial charge in [0.15, 0.2) is 0 Å². The van der Waals surface area contributed by atoms with E-state index in [2.05, 4.69) is 53.4 Å².